The maximum absolute atomic E-state index is 8.96. The monoisotopic (exact) mass is 199 g/mol. The lowest BCUT2D eigenvalue weighted by Gasteiger charge is -2.37. The lowest BCUT2D eigenvalue weighted by Crippen LogP contribution is -2.43. The van der Waals surface area contributed by atoms with E-state index in [2.05, 4.69) is 25.8 Å². The van der Waals surface area contributed by atoms with Gasteiger partial charge in [0.25, 0.3) is 0 Å². The van der Waals surface area contributed by atoms with E-state index in [0.717, 1.165) is 12.3 Å². The molecular weight excluding hydrogens is 174 g/mol. The average Bonchev–Trinajstić information content (AvgIpc) is 2.01. The molecule has 0 amide bonds. The summed E-state index contributed by atoms with van der Waals surface area (Å²) in [5, 5.41) is 8.96. The third-order valence-corrected chi connectivity index (χ3v) is 3.85. The molecule has 1 fully saturated rings. The van der Waals surface area contributed by atoms with Crippen molar-refractivity contribution in [1.82, 2.24) is 4.90 Å². The van der Waals surface area contributed by atoms with Crippen LogP contribution in [0, 0.1) is 5.92 Å². The molecule has 2 heteroatoms. The molecule has 2 nitrogen and oxygen atoms in total. The Labute approximate surface area is 88.3 Å². The Hall–Kier alpha value is -0.0800. The van der Waals surface area contributed by atoms with E-state index in [0.29, 0.717) is 6.61 Å². The van der Waals surface area contributed by atoms with Crippen molar-refractivity contribution in [3.63, 3.8) is 0 Å². The Kier molecular flexibility index (Phi) is 4.39. The molecule has 0 aromatic carbocycles. The molecular formula is C12H25NO. The predicted octanol–water partition coefficient (Wildman–Crippen LogP) is 2.27. The molecule has 84 valence electrons. The Balaban J connectivity index is 2.20. The molecule has 0 radical (unpaired) electrons. The fourth-order valence-corrected chi connectivity index (χ4v) is 1.92. The van der Waals surface area contributed by atoms with Gasteiger partial charge in [0.1, 0.15) is 0 Å². The minimum absolute atomic E-state index is 0.151. The van der Waals surface area contributed by atoms with Gasteiger partial charge in [-0.25, -0.2) is 0 Å². The second kappa shape index (κ2) is 5.13. The summed E-state index contributed by atoms with van der Waals surface area (Å²) in [7, 11) is 2.17. The summed E-state index contributed by atoms with van der Waals surface area (Å²) < 4.78 is 0. The minimum atomic E-state index is 0.151. The first-order valence-electron chi connectivity index (χ1n) is 5.88. The fraction of sp³-hybridized carbons (Fsp3) is 1.00. The number of rotatable bonds is 6. The molecule has 0 unspecified atom stereocenters. The molecule has 0 aromatic rings. The second-order valence-electron chi connectivity index (χ2n) is 5.29. The smallest absolute Gasteiger partial charge is 0.0448 e. The van der Waals surface area contributed by atoms with Gasteiger partial charge in [-0.05, 0) is 46.2 Å². The molecule has 0 aliphatic heterocycles. The molecule has 0 spiro atoms. The highest BCUT2D eigenvalue weighted by atomic mass is 16.3. The van der Waals surface area contributed by atoms with Gasteiger partial charge in [0, 0.05) is 12.1 Å². The van der Waals surface area contributed by atoms with Crippen LogP contribution >= 0.6 is 0 Å². The largest absolute Gasteiger partial charge is 0.396 e. The Morgan fingerprint density at radius 3 is 2.43 bits per heavy atom. The summed E-state index contributed by atoms with van der Waals surface area (Å²) >= 11 is 0. The summed E-state index contributed by atoms with van der Waals surface area (Å²) in [4.78, 5) is 2.39. The number of hydrogen-bond donors (Lipinski definition) is 1. The summed E-state index contributed by atoms with van der Waals surface area (Å²) in [6.45, 7) is 5.90. The van der Waals surface area contributed by atoms with Crippen LogP contribution in [-0.2, 0) is 0 Å². The van der Waals surface area contributed by atoms with Gasteiger partial charge in [-0.3, -0.25) is 0 Å². The summed E-state index contributed by atoms with van der Waals surface area (Å²) in [6.07, 6.45) is 6.52. The van der Waals surface area contributed by atoms with Crippen molar-refractivity contribution in [3.8, 4) is 0 Å². The summed E-state index contributed by atoms with van der Waals surface area (Å²) in [5.74, 6) is 0.988. The van der Waals surface area contributed by atoms with Crippen LogP contribution in [0.15, 0.2) is 0 Å². The maximum atomic E-state index is 8.96. The third-order valence-electron chi connectivity index (χ3n) is 3.85. The molecule has 0 atom stereocenters. The number of aliphatic hydroxyl groups is 1. The standard InChI is InChI=1S/C12H25NO/c1-12(2,8-10-14)13(3)9-7-11-5-4-6-11/h11,14H,4-10H2,1-3H3. The summed E-state index contributed by atoms with van der Waals surface area (Å²) in [6, 6.07) is 0. The molecule has 0 bridgehead atoms. The van der Waals surface area contributed by atoms with Crippen molar-refractivity contribution >= 4 is 0 Å². The normalized spacial score (nSPS) is 18.6. The minimum Gasteiger partial charge on any atom is -0.396 e. The number of aliphatic hydroxyl groups excluding tert-OH is 1. The van der Waals surface area contributed by atoms with Gasteiger partial charge in [0.2, 0.25) is 0 Å². The van der Waals surface area contributed by atoms with Crippen molar-refractivity contribution in [1.29, 1.82) is 0 Å². The van der Waals surface area contributed by atoms with Crippen molar-refractivity contribution in [2.75, 3.05) is 20.2 Å². The Morgan fingerprint density at radius 1 is 1.36 bits per heavy atom. The highest BCUT2D eigenvalue weighted by Gasteiger charge is 2.24. The fourth-order valence-electron chi connectivity index (χ4n) is 1.92. The molecule has 1 saturated carbocycles. The van der Waals surface area contributed by atoms with Crippen LogP contribution in [0.1, 0.15) is 46.0 Å². The van der Waals surface area contributed by atoms with Gasteiger partial charge in [0.15, 0.2) is 0 Å². The van der Waals surface area contributed by atoms with Gasteiger partial charge >= 0.3 is 0 Å². The van der Waals surface area contributed by atoms with E-state index in [9.17, 15) is 0 Å². The summed E-state index contributed by atoms with van der Waals surface area (Å²) in [5.41, 5.74) is 0.151. The predicted molar refractivity (Wildman–Crippen MR) is 60.4 cm³/mol. The van der Waals surface area contributed by atoms with Crippen molar-refractivity contribution in [2.24, 2.45) is 5.92 Å². The van der Waals surface area contributed by atoms with E-state index in [1.807, 2.05) is 0 Å². The first-order chi connectivity index (χ1) is 6.56. The Bertz CT molecular complexity index is 164. The first-order valence-corrected chi connectivity index (χ1v) is 5.88. The lowest BCUT2D eigenvalue weighted by molar-refractivity contribution is 0.103. The van der Waals surface area contributed by atoms with E-state index >= 15 is 0 Å². The topological polar surface area (TPSA) is 23.5 Å². The van der Waals surface area contributed by atoms with Gasteiger partial charge in [-0.2, -0.15) is 0 Å². The first kappa shape index (κ1) is 12.0. The van der Waals surface area contributed by atoms with Crippen molar-refractivity contribution in [3.05, 3.63) is 0 Å². The highest BCUT2D eigenvalue weighted by Crippen LogP contribution is 2.30. The molecule has 0 heterocycles. The van der Waals surface area contributed by atoms with Gasteiger partial charge in [0.05, 0.1) is 0 Å². The molecule has 1 aliphatic rings. The van der Waals surface area contributed by atoms with E-state index in [4.69, 9.17) is 5.11 Å². The van der Waals surface area contributed by atoms with Crippen LogP contribution in [0.5, 0.6) is 0 Å². The Morgan fingerprint density at radius 2 is 2.00 bits per heavy atom. The quantitative estimate of drug-likeness (QED) is 0.709. The van der Waals surface area contributed by atoms with Crippen LogP contribution in [0.25, 0.3) is 0 Å². The van der Waals surface area contributed by atoms with Crippen LogP contribution in [0.4, 0.5) is 0 Å². The molecule has 0 saturated heterocycles. The van der Waals surface area contributed by atoms with Gasteiger partial charge in [-0.1, -0.05) is 19.3 Å². The molecule has 1 N–H and O–H groups in total. The van der Waals surface area contributed by atoms with Gasteiger partial charge in [-0.15, -0.1) is 0 Å². The van der Waals surface area contributed by atoms with Crippen molar-refractivity contribution in [2.45, 2.75) is 51.5 Å². The molecule has 1 aliphatic carbocycles. The average molecular weight is 199 g/mol. The molecule has 1 rings (SSSR count). The van der Waals surface area contributed by atoms with Crippen LogP contribution < -0.4 is 0 Å². The van der Waals surface area contributed by atoms with Gasteiger partial charge < -0.3 is 10.0 Å². The zero-order chi connectivity index (χ0) is 10.6. The van der Waals surface area contributed by atoms with E-state index in [1.54, 1.807) is 0 Å². The van der Waals surface area contributed by atoms with E-state index in [-0.39, 0.29) is 5.54 Å². The molecule has 0 aromatic heterocycles. The highest BCUT2D eigenvalue weighted by molar-refractivity contribution is 4.80. The zero-order valence-electron chi connectivity index (χ0n) is 9.92. The van der Waals surface area contributed by atoms with Crippen LogP contribution in [-0.4, -0.2) is 35.7 Å². The van der Waals surface area contributed by atoms with Crippen LogP contribution in [0.3, 0.4) is 0 Å². The number of nitrogens with zero attached hydrogens (tertiary/aromatic N) is 1. The zero-order valence-corrected chi connectivity index (χ0v) is 9.92. The van der Waals surface area contributed by atoms with Crippen LogP contribution in [0.2, 0.25) is 0 Å². The third kappa shape index (κ3) is 3.25. The van der Waals surface area contributed by atoms with E-state index < -0.39 is 0 Å². The maximum Gasteiger partial charge on any atom is 0.0448 e. The van der Waals surface area contributed by atoms with E-state index in [1.165, 1.54) is 32.2 Å². The lowest BCUT2D eigenvalue weighted by atomic mass is 9.82. The second-order valence-corrected chi connectivity index (χ2v) is 5.29. The number of hydrogen-bond acceptors (Lipinski definition) is 2. The van der Waals surface area contributed by atoms with Crippen molar-refractivity contribution < 1.29 is 5.11 Å². The SMILES string of the molecule is CN(CCC1CCC1)C(C)(C)CCO. The molecule has 14 heavy (non-hydrogen) atoms.